The van der Waals surface area contributed by atoms with Crippen molar-refractivity contribution in [2.45, 2.75) is 53.1 Å². The van der Waals surface area contributed by atoms with Crippen LogP contribution in [-0.2, 0) is 26.2 Å². The molecule has 0 bridgehead atoms. The van der Waals surface area contributed by atoms with Crippen LogP contribution in [0.4, 0.5) is 5.69 Å². The first-order chi connectivity index (χ1) is 16.5. The van der Waals surface area contributed by atoms with Gasteiger partial charge in [-0.15, -0.1) is 0 Å². The molecule has 0 unspecified atom stereocenters. The lowest BCUT2D eigenvalue weighted by molar-refractivity contribution is -0.140. The Morgan fingerprint density at radius 2 is 1.71 bits per heavy atom. The van der Waals surface area contributed by atoms with Crippen LogP contribution in [-0.4, -0.2) is 56.3 Å². The molecule has 0 aromatic heterocycles. The fourth-order valence-electron chi connectivity index (χ4n) is 3.75. The number of Topliss-reactive ketones (excluding diaryl/α,β-unsaturated/α-hetero) is 1. The summed E-state index contributed by atoms with van der Waals surface area (Å²) in [5.74, 6) is -1.00. The van der Waals surface area contributed by atoms with Gasteiger partial charge in [0.05, 0.1) is 11.9 Å². The molecule has 2 aromatic carbocycles. The minimum Gasteiger partial charge on any atom is -0.354 e. The highest BCUT2D eigenvalue weighted by Gasteiger charge is 2.32. The third-order valence-corrected chi connectivity index (χ3v) is 6.90. The van der Waals surface area contributed by atoms with E-state index in [1.807, 2.05) is 45.0 Å². The summed E-state index contributed by atoms with van der Waals surface area (Å²) in [6.45, 7) is 7.22. The van der Waals surface area contributed by atoms with E-state index in [0.29, 0.717) is 18.5 Å². The van der Waals surface area contributed by atoms with Crippen molar-refractivity contribution in [2.24, 2.45) is 0 Å². The largest absolute Gasteiger partial charge is 0.354 e. The number of benzene rings is 2. The number of carbonyl (C=O) groups excluding carboxylic acids is 3. The fraction of sp³-hybridized carbons (Fsp3) is 0.423. The molecule has 0 heterocycles. The van der Waals surface area contributed by atoms with Crippen LogP contribution in [0.2, 0.25) is 0 Å². The maximum Gasteiger partial charge on any atom is 0.244 e. The standard InChI is InChI=1S/C26H35N3O5S/c1-6-15-27-26(32)24(7-2)28(17-22-12-9-8-11-19(22)3)25(31)18-29(35(5,33)34)23-14-10-13-21(16-23)20(4)30/h8-14,16,24H,6-7,15,17-18H2,1-5H3,(H,27,32)/t24-/m0/s1. The smallest absolute Gasteiger partial charge is 0.244 e. The summed E-state index contributed by atoms with van der Waals surface area (Å²) in [6, 6.07) is 13.0. The molecule has 2 amide bonds. The Hall–Kier alpha value is -3.20. The van der Waals surface area contributed by atoms with E-state index in [-0.39, 0.29) is 23.9 Å². The minimum atomic E-state index is -3.86. The van der Waals surface area contributed by atoms with Gasteiger partial charge >= 0.3 is 0 Å². The Bertz CT molecular complexity index is 1160. The summed E-state index contributed by atoms with van der Waals surface area (Å²) in [6.07, 6.45) is 2.13. The van der Waals surface area contributed by atoms with E-state index in [9.17, 15) is 22.8 Å². The number of anilines is 1. The zero-order valence-corrected chi connectivity index (χ0v) is 21.9. The van der Waals surface area contributed by atoms with E-state index in [2.05, 4.69) is 5.32 Å². The molecular weight excluding hydrogens is 466 g/mol. The van der Waals surface area contributed by atoms with Crippen LogP contribution in [0.3, 0.4) is 0 Å². The van der Waals surface area contributed by atoms with Crippen molar-refractivity contribution in [3.05, 3.63) is 65.2 Å². The van der Waals surface area contributed by atoms with Gasteiger partial charge < -0.3 is 10.2 Å². The Kier molecular flexibility index (Phi) is 10.0. The lowest BCUT2D eigenvalue weighted by Crippen LogP contribution is -2.52. The van der Waals surface area contributed by atoms with Crippen molar-refractivity contribution in [3.8, 4) is 0 Å². The molecular formula is C26H35N3O5S. The SMILES string of the molecule is CCCNC(=O)[C@H](CC)N(Cc1ccccc1C)C(=O)CN(c1cccc(C(C)=O)c1)S(C)(=O)=O. The number of sulfonamides is 1. The molecule has 0 spiro atoms. The number of ketones is 1. The van der Waals surface area contributed by atoms with Crippen LogP contribution in [0.25, 0.3) is 0 Å². The maximum atomic E-state index is 13.7. The summed E-state index contributed by atoms with van der Waals surface area (Å²) in [4.78, 5) is 39.9. The van der Waals surface area contributed by atoms with E-state index in [0.717, 1.165) is 28.1 Å². The van der Waals surface area contributed by atoms with Crippen molar-refractivity contribution in [3.63, 3.8) is 0 Å². The number of nitrogens with one attached hydrogen (secondary N) is 1. The van der Waals surface area contributed by atoms with Gasteiger partial charge in [-0.2, -0.15) is 0 Å². The second kappa shape index (κ2) is 12.5. The van der Waals surface area contributed by atoms with Crippen LogP contribution in [0, 0.1) is 6.92 Å². The number of hydrogen-bond acceptors (Lipinski definition) is 5. The van der Waals surface area contributed by atoms with Crippen molar-refractivity contribution in [1.29, 1.82) is 0 Å². The van der Waals surface area contributed by atoms with Gasteiger partial charge in [-0.05, 0) is 49.9 Å². The van der Waals surface area contributed by atoms with Gasteiger partial charge in [0.2, 0.25) is 21.8 Å². The molecule has 0 saturated carbocycles. The predicted molar refractivity (Wildman–Crippen MR) is 138 cm³/mol. The van der Waals surface area contributed by atoms with Gasteiger partial charge in [0.25, 0.3) is 0 Å². The number of nitrogens with zero attached hydrogens (tertiary/aromatic N) is 2. The zero-order chi connectivity index (χ0) is 26.2. The van der Waals surface area contributed by atoms with Crippen molar-refractivity contribution < 1.29 is 22.8 Å². The molecule has 0 aliphatic heterocycles. The molecule has 35 heavy (non-hydrogen) atoms. The summed E-state index contributed by atoms with van der Waals surface area (Å²) in [5, 5.41) is 2.85. The Labute approximate surface area is 208 Å². The van der Waals surface area contributed by atoms with Crippen molar-refractivity contribution in [1.82, 2.24) is 10.2 Å². The molecule has 1 atom stereocenters. The average Bonchev–Trinajstić information content (AvgIpc) is 2.81. The van der Waals surface area contributed by atoms with Gasteiger partial charge in [0, 0.05) is 18.7 Å². The maximum absolute atomic E-state index is 13.7. The summed E-state index contributed by atoms with van der Waals surface area (Å²) in [5.41, 5.74) is 2.38. The van der Waals surface area contributed by atoms with Crippen LogP contribution in [0.1, 0.15) is 55.1 Å². The lowest BCUT2D eigenvalue weighted by Gasteiger charge is -2.33. The van der Waals surface area contributed by atoms with Crippen molar-refractivity contribution >= 4 is 33.3 Å². The second-order valence-electron chi connectivity index (χ2n) is 8.54. The molecule has 0 aliphatic carbocycles. The summed E-state index contributed by atoms with van der Waals surface area (Å²) in [7, 11) is -3.86. The molecule has 0 saturated heterocycles. The number of amides is 2. The first kappa shape index (κ1) is 28.0. The first-order valence-electron chi connectivity index (χ1n) is 11.7. The number of rotatable bonds is 12. The van der Waals surface area contributed by atoms with Gasteiger partial charge in [0.15, 0.2) is 5.78 Å². The molecule has 8 nitrogen and oxygen atoms in total. The van der Waals surface area contributed by atoms with E-state index in [1.165, 1.54) is 24.0 Å². The van der Waals surface area contributed by atoms with Gasteiger partial charge in [-0.25, -0.2) is 8.42 Å². The van der Waals surface area contributed by atoms with Crippen molar-refractivity contribution in [2.75, 3.05) is 23.7 Å². The molecule has 2 aromatic rings. The average molecular weight is 502 g/mol. The summed E-state index contributed by atoms with van der Waals surface area (Å²) >= 11 is 0. The molecule has 190 valence electrons. The van der Waals surface area contributed by atoms with Gasteiger partial charge in [0.1, 0.15) is 12.6 Å². The highest BCUT2D eigenvalue weighted by molar-refractivity contribution is 7.92. The third-order valence-electron chi connectivity index (χ3n) is 5.76. The van der Waals surface area contributed by atoms with E-state index in [1.54, 1.807) is 12.1 Å². The normalized spacial score (nSPS) is 12.0. The Morgan fingerprint density at radius 3 is 2.29 bits per heavy atom. The molecule has 2 rings (SSSR count). The minimum absolute atomic E-state index is 0.161. The predicted octanol–water partition coefficient (Wildman–Crippen LogP) is 3.30. The van der Waals surface area contributed by atoms with E-state index in [4.69, 9.17) is 0 Å². The van der Waals surface area contributed by atoms with E-state index >= 15 is 0 Å². The topological polar surface area (TPSA) is 104 Å². The number of carbonyl (C=O) groups is 3. The molecule has 0 radical (unpaired) electrons. The quantitative estimate of drug-likeness (QED) is 0.450. The summed E-state index contributed by atoms with van der Waals surface area (Å²) < 4.78 is 26.4. The monoisotopic (exact) mass is 501 g/mol. The van der Waals surface area contributed by atoms with Crippen LogP contribution < -0.4 is 9.62 Å². The molecule has 0 aliphatic rings. The lowest BCUT2D eigenvalue weighted by atomic mass is 10.1. The number of hydrogen-bond donors (Lipinski definition) is 1. The van der Waals surface area contributed by atoms with Gasteiger partial charge in [-0.1, -0.05) is 50.2 Å². The molecule has 0 fully saturated rings. The van der Waals surface area contributed by atoms with Crippen LogP contribution in [0.15, 0.2) is 48.5 Å². The molecule has 1 N–H and O–H groups in total. The highest BCUT2D eigenvalue weighted by atomic mass is 32.2. The van der Waals surface area contributed by atoms with Crippen LogP contribution in [0.5, 0.6) is 0 Å². The first-order valence-corrected chi connectivity index (χ1v) is 13.5. The highest BCUT2D eigenvalue weighted by Crippen LogP contribution is 2.22. The number of aryl methyl sites for hydroxylation is 1. The van der Waals surface area contributed by atoms with E-state index < -0.39 is 28.5 Å². The second-order valence-corrected chi connectivity index (χ2v) is 10.4. The molecule has 9 heteroatoms. The Morgan fingerprint density at radius 1 is 1.03 bits per heavy atom. The van der Waals surface area contributed by atoms with Gasteiger partial charge in [-0.3, -0.25) is 18.7 Å². The Balaban J connectivity index is 2.47. The zero-order valence-electron chi connectivity index (χ0n) is 21.1. The fourth-order valence-corrected chi connectivity index (χ4v) is 4.59. The third kappa shape index (κ3) is 7.65. The van der Waals surface area contributed by atoms with Crippen LogP contribution >= 0.6 is 0 Å².